The van der Waals surface area contributed by atoms with Crippen molar-refractivity contribution in [2.75, 3.05) is 0 Å². The van der Waals surface area contributed by atoms with Crippen molar-refractivity contribution >= 4 is 0 Å². The van der Waals surface area contributed by atoms with Crippen LogP contribution in [0.4, 0.5) is 0 Å². The van der Waals surface area contributed by atoms with Crippen LogP contribution in [-0.2, 0) is 5.41 Å². The van der Waals surface area contributed by atoms with Gasteiger partial charge in [0.15, 0.2) is 0 Å². The quantitative estimate of drug-likeness (QED) is 0.668. The average Bonchev–Trinajstić information content (AvgIpc) is 2.79. The molecule has 2 aliphatic carbocycles. The monoisotopic (exact) mass is 186 g/mol. The largest absolute Gasteiger partial charge is 0.508 e. The molecule has 0 saturated heterocycles. The highest BCUT2D eigenvalue weighted by molar-refractivity contribution is 5.39. The van der Waals surface area contributed by atoms with E-state index in [0.717, 1.165) is 5.92 Å². The molecule has 2 atom stereocenters. The lowest BCUT2D eigenvalue weighted by molar-refractivity contribution is 0.474. The molecule has 0 spiro atoms. The fourth-order valence-electron chi connectivity index (χ4n) is 2.90. The Kier molecular flexibility index (Phi) is 1.52. The highest BCUT2D eigenvalue weighted by Gasteiger charge is 2.41. The molecule has 3 rings (SSSR count). The summed E-state index contributed by atoms with van der Waals surface area (Å²) in [5.74, 6) is 1.17. The van der Waals surface area contributed by atoms with Crippen LogP contribution in [0.1, 0.15) is 24.8 Å². The van der Waals surface area contributed by atoms with Crippen molar-refractivity contribution in [3.8, 4) is 5.75 Å². The Balaban J connectivity index is 2.02. The lowest BCUT2D eigenvalue weighted by Gasteiger charge is -2.23. The van der Waals surface area contributed by atoms with Gasteiger partial charge >= 0.3 is 0 Å². The fraction of sp³-hybridized carbons (Fsp3) is 0.385. The molecule has 14 heavy (non-hydrogen) atoms. The van der Waals surface area contributed by atoms with Crippen LogP contribution in [0.3, 0.4) is 0 Å². The number of phenolic OH excluding ortho intramolecular Hbond substituents is 1. The van der Waals surface area contributed by atoms with Crippen LogP contribution >= 0.6 is 0 Å². The molecule has 72 valence electrons. The zero-order chi connectivity index (χ0) is 9.60. The molecule has 0 radical (unpaired) electrons. The minimum absolute atomic E-state index is 0.304. The maximum atomic E-state index is 9.25. The van der Waals surface area contributed by atoms with Crippen molar-refractivity contribution in [1.82, 2.24) is 0 Å². The van der Waals surface area contributed by atoms with Gasteiger partial charge in [0.1, 0.15) is 5.75 Å². The molecular formula is C13H14O. The zero-order valence-corrected chi connectivity index (χ0v) is 8.11. The van der Waals surface area contributed by atoms with E-state index in [1.54, 1.807) is 12.1 Å². The Morgan fingerprint density at radius 1 is 1.21 bits per heavy atom. The summed E-state index contributed by atoms with van der Waals surface area (Å²) in [4.78, 5) is 0. The molecular weight excluding hydrogens is 172 g/mol. The number of hydrogen-bond acceptors (Lipinski definition) is 1. The summed E-state index contributed by atoms with van der Waals surface area (Å²) in [5.41, 5.74) is 1.67. The summed E-state index contributed by atoms with van der Waals surface area (Å²) < 4.78 is 0. The normalized spacial score (nSPS) is 33.9. The van der Waals surface area contributed by atoms with E-state index in [-0.39, 0.29) is 0 Å². The molecule has 1 nitrogen and oxygen atoms in total. The van der Waals surface area contributed by atoms with E-state index in [0.29, 0.717) is 11.2 Å². The van der Waals surface area contributed by atoms with Crippen LogP contribution in [0.25, 0.3) is 0 Å². The molecule has 0 aliphatic heterocycles. The van der Waals surface area contributed by atoms with Crippen molar-refractivity contribution in [3.05, 3.63) is 42.0 Å². The number of benzene rings is 1. The molecule has 1 aromatic rings. The lowest BCUT2D eigenvalue weighted by Crippen LogP contribution is -2.16. The summed E-state index contributed by atoms with van der Waals surface area (Å²) >= 11 is 0. The summed E-state index contributed by atoms with van der Waals surface area (Å²) in [5, 5.41) is 9.25. The van der Waals surface area contributed by atoms with Crippen LogP contribution in [-0.4, -0.2) is 5.11 Å². The summed E-state index contributed by atoms with van der Waals surface area (Å²) in [6, 6.07) is 7.72. The van der Waals surface area contributed by atoms with Crippen LogP contribution in [0.15, 0.2) is 36.4 Å². The number of aromatic hydroxyl groups is 1. The van der Waals surface area contributed by atoms with Gasteiger partial charge in [-0.3, -0.25) is 0 Å². The third kappa shape index (κ3) is 1.02. The molecule has 0 heterocycles. The van der Waals surface area contributed by atoms with Gasteiger partial charge in [0.2, 0.25) is 0 Å². The van der Waals surface area contributed by atoms with Crippen LogP contribution in [0.2, 0.25) is 0 Å². The third-order valence-electron chi connectivity index (χ3n) is 3.72. The molecule has 2 unspecified atom stereocenters. The van der Waals surface area contributed by atoms with Gasteiger partial charge in [0.05, 0.1) is 0 Å². The third-order valence-corrected chi connectivity index (χ3v) is 3.72. The Bertz CT molecular complexity index is 377. The van der Waals surface area contributed by atoms with Crippen LogP contribution in [0.5, 0.6) is 5.75 Å². The van der Waals surface area contributed by atoms with E-state index in [9.17, 15) is 5.11 Å². The smallest absolute Gasteiger partial charge is 0.115 e. The Hall–Kier alpha value is -1.24. The van der Waals surface area contributed by atoms with Crippen molar-refractivity contribution in [1.29, 1.82) is 0 Å². The second kappa shape index (κ2) is 2.63. The van der Waals surface area contributed by atoms with E-state index in [2.05, 4.69) is 24.3 Å². The van der Waals surface area contributed by atoms with Gasteiger partial charge in [-0.25, -0.2) is 0 Å². The first-order valence-corrected chi connectivity index (χ1v) is 5.27. The Labute approximate surface area is 84.1 Å². The second-order valence-electron chi connectivity index (χ2n) is 4.57. The zero-order valence-electron chi connectivity index (χ0n) is 8.11. The highest BCUT2D eigenvalue weighted by Crippen LogP contribution is 2.50. The number of rotatable bonds is 1. The lowest BCUT2D eigenvalue weighted by atomic mass is 9.80. The molecule has 1 fully saturated rings. The van der Waals surface area contributed by atoms with Gasteiger partial charge in [-0.15, -0.1) is 0 Å². The van der Waals surface area contributed by atoms with Crippen LogP contribution in [0, 0.1) is 5.92 Å². The van der Waals surface area contributed by atoms with Gasteiger partial charge in [-0.2, -0.15) is 0 Å². The first kappa shape index (κ1) is 8.10. The van der Waals surface area contributed by atoms with Gasteiger partial charge in [0, 0.05) is 5.41 Å². The average molecular weight is 186 g/mol. The van der Waals surface area contributed by atoms with Crippen molar-refractivity contribution in [2.45, 2.75) is 24.7 Å². The van der Waals surface area contributed by atoms with E-state index in [4.69, 9.17) is 0 Å². The van der Waals surface area contributed by atoms with Crippen LogP contribution < -0.4 is 0 Å². The SMILES string of the molecule is Oc1ccc(C23C=CC(CC2)C3)cc1. The summed E-state index contributed by atoms with van der Waals surface area (Å²) in [6.45, 7) is 0. The molecule has 1 N–H and O–H groups in total. The minimum Gasteiger partial charge on any atom is -0.508 e. The maximum Gasteiger partial charge on any atom is 0.115 e. The highest BCUT2D eigenvalue weighted by atomic mass is 16.3. The van der Waals surface area contributed by atoms with E-state index in [1.165, 1.54) is 24.8 Å². The van der Waals surface area contributed by atoms with Crippen molar-refractivity contribution < 1.29 is 5.11 Å². The fourth-order valence-corrected chi connectivity index (χ4v) is 2.90. The number of fused-ring (bicyclic) bond motifs is 2. The predicted octanol–water partition coefficient (Wildman–Crippen LogP) is 3.00. The predicted molar refractivity (Wildman–Crippen MR) is 56.3 cm³/mol. The number of allylic oxidation sites excluding steroid dienone is 2. The van der Waals surface area contributed by atoms with Crippen molar-refractivity contribution in [3.63, 3.8) is 0 Å². The molecule has 0 amide bonds. The maximum absolute atomic E-state index is 9.25. The van der Waals surface area contributed by atoms with Gasteiger partial charge in [-0.05, 0) is 42.9 Å². The first-order valence-electron chi connectivity index (χ1n) is 5.27. The van der Waals surface area contributed by atoms with Crippen molar-refractivity contribution in [2.24, 2.45) is 5.92 Å². The Morgan fingerprint density at radius 3 is 2.50 bits per heavy atom. The van der Waals surface area contributed by atoms with Gasteiger partial charge < -0.3 is 5.11 Å². The van der Waals surface area contributed by atoms with Gasteiger partial charge in [0.25, 0.3) is 0 Å². The number of hydrogen-bond donors (Lipinski definition) is 1. The van der Waals surface area contributed by atoms with Gasteiger partial charge in [-0.1, -0.05) is 24.3 Å². The molecule has 1 saturated carbocycles. The molecule has 1 heteroatoms. The second-order valence-corrected chi connectivity index (χ2v) is 4.57. The molecule has 0 aromatic heterocycles. The summed E-state index contributed by atoms with van der Waals surface area (Å²) in [7, 11) is 0. The minimum atomic E-state index is 0.304. The molecule has 2 aliphatic rings. The van der Waals surface area contributed by atoms with E-state index in [1.807, 2.05) is 0 Å². The Morgan fingerprint density at radius 2 is 2.00 bits per heavy atom. The topological polar surface area (TPSA) is 20.2 Å². The molecule has 2 bridgehead atoms. The van der Waals surface area contributed by atoms with E-state index < -0.39 is 0 Å². The number of phenols is 1. The standard InChI is InChI=1S/C13H14O/c14-12-3-1-11(2-4-12)13-7-5-10(9-13)6-8-13/h1-5,7,10,14H,6,8-9H2. The van der Waals surface area contributed by atoms with E-state index >= 15 is 0 Å². The first-order chi connectivity index (χ1) is 6.78. The molecule has 1 aromatic carbocycles. The summed E-state index contributed by atoms with van der Waals surface area (Å²) in [6.07, 6.45) is 8.61.